The van der Waals surface area contributed by atoms with E-state index in [0.717, 1.165) is 0 Å². The summed E-state index contributed by atoms with van der Waals surface area (Å²) in [7, 11) is 1.29. The lowest BCUT2D eigenvalue weighted by molar-refractivity contribution is -0.156. The molecule has 0 amide bonds. The van der Waals surface area contributed by atoms with E-state index in [2.05, 4.69) is 4.74 Å². The molecule has 4 nitrogen and oxygen atoms in total. The molecule has 0 aromatic carbocycles. The van der Waals surface area contributed by atoms with E-state index in [0.29, 0.717) is 6.42 Å². The first-order valence-electron chi connectivity index (χ1n) is 3.98. The number of rotatable bonds is 4. The van der Waals surface area contributed by atoms with Crippen molar-refractivity contribution in [1.29, 1.82) is 0 Å². The second-order valence-electron chi connectivity index (χ2n) is 2.81. The van der Waals surface area contributed by atoms with Gasteiger partial charge in [-0.2, -0.15) is 0 Å². The highest BCUT2D eigenvalue weighted by Crippen LogP contribution is 2.19. The normalized spacial score (nSPS) is 15.8. The number of methoxy groups -OCH3 is 1. The maximum Gasteiger partial charge on any atom is 0.309 e. The first-order chi connectivity index (χ1) is 5.54. The molecule has 0 saturated heterocycles. The maximum atomic E-state index is 11.0. The van der Waals surface area contributed by atoms with Crippen molar-refractivity contribution < 1.29 is 19.7 Å². The van der Waals surface area contributed by atoms with Crippen molar-refractivity contribution in [3.63, 3.8) is 0 Å². The first kappa shape index (κ1) is 11.4. The molecule has 0 spiro atoms. The molecule has 0 fully saturated rings. The molecule has 2 unspecified atom stereocenters. The average molecular weight is 176 g/mol. The second-order valence-corrected chi connectivity index (χ2v) is 2.81. The predicted octanol–water partition coefficient (Wildman–Crippen LogP) is 0.132. The van der Waals surface area contributed by atoms with E-state index in [4.69, 9.17) is 10.2 Å². The van der Waals surface area contributed by atoms with Gasteiger partial charge in [0.25, 0.3) is 0 Å². The molecule has 12 heavy (non-hydrogen) atoms. The summed E-state index contributed by atoms with van der Waals surface area (Å²) in [6, 6.07) is 0. The van der Waals surface area contributed by atoms with Gasteiger partial charge in [0.1, 0.15) is 0 Å². The van der Waals surface area contributed by atoms with Crippen LogP contribution in [0.2, 0.25) is 0 Å². The van der Waals surface area contributed by atoms with Crippen molar-refractivity contribution in [3.8, 4) is 0 Å². The molecule has 0 aliphatic rings. The van der Waals surface area contributed by atoms with Crippen LogP contribution in [0.25, 0.3) is 0 Å². The molecule has 0 saturated carbocycles. The fraction of sp³-hybridized carbons (Fsp3) is 0.875. The second kappa shape index (κ2) is 5.11. The maximum absolute atomic E-state index is 11.0. The van der Waals surface area contributed by atoms with E-state index in [-0.39, 0.29) is 0 Å². The summed E-state index contributed by atoms with van der Waals surface area (Å²) in [6.07, 6.45) is -0.917. The molecule has 0 heterocycles. The number of hydrogen-bond donors (Lipinski definition) is 2. The number of hydrogen-bond acceptors (Lipinski definition) is 4. The molecule has 0 aromatic rings. The fourth-order valence-corrected chi connectivity index (χ4v) is 1.11. The van der Waals surface area contributed by atoms with E-state index in [1.54, 1.807) is 13.8 Å². The molecule has 72 valence electrons. The summed E-state index contributed by atoms with van der Waals surface area (Å²) >= 11 is 0. The Bertz CT molecular complexity index is 144. The predicted molar refractivity (Wildman–Crippen MR) is 43.2 cm³/mol. The Hall–Kier alpha value is -0.610. The topological polar surface area (TPSA) is 66.8 Å². The van der Waals surface area contributed by atoms with Crippen LogP contribution in [0, 0.1) is 11.8 Å². The van der Waals surface area contributed by atoms with E-state index in [1.807, 2.05) is 0 Å². The minimum absolute atomic E-state index is 0.391. The molecule has 4 heteroatoms. The Labute approximate surface area is 72.2 Å². The smallest absolute Gasteiger partial charge is 0.309 e. The minimum Gasteiger partial charge on any atom is -0.469 e. The van der Waals surface area contributed by atoms with E-state index < -0.39 is 24.1 Å². The largest absolute Gasteiger partial charge is 0.469 e. The zero-order chi connectivity index (χ0) is 9.72. The van der Waals surface area contributed by atoms with E-state index in [1.165, 1.54) is 7.11 Å². The SMILES string of the molecule is CCC(C(=O)OC)C(C)C(O)O. The molecular weight excluding hydrogens is 160 g/mol. The van der Waals surface area contributed by atoms with Crippen molar-refractivity contribution in [3.05, 3.63) is 0 Å². The lowest BCUT2D eigenvalue weighted by Gasteiger charge is -2.21. The third-order valence-electron chi connectivity index (χ3n) is 2.05. The molecule has 0 rings (SSSR count). The lowest BCUT2D eigenvalue weighted by atomic mass is 9.91. The molecule has 0 aliphatic carbocycles. The highest BCUT2D eigenvalue weighted by Gasteiger charge is 2.28. The van der Waals surface area contributed by atoms with Gasteiger partial charge in [-0.05, 0) is 6.42 Å². The zero-order valence-electron chi connectivity index (χ0n) is 7.65. The standard InChI is InChI=1S/C8H16O4/c1-4-6(8(11)12-3)5(2)7(9)10/h5-7,9-10H,4H2,1-3H3. The van der Waals surface area contributed by atoms with Crippen LogP contribution in [0.1, 0.15) is 20.3 Å². The van der Waals surface area contributed by atoms with Gasteiger partial charge >= 0.3 is 5.97 Å². The van der Waals surface area contributed by atoms with Crippen LogP contribution in [-0.4, -0.2) is 29.6 Å². The summed E-state index contributed by atoms with van der Waals surface area (Å²) in [6.45, 7) is 3.41. The summed E-state index contributed by atoms with van der Waals surface area (Å²) in [5, 5.41) is 17.6. The van der Waals surface area contributed by atoms with Crippen molar-refractivity contribution >= 4 is 5.97 Å². The highest BCUT2D eigenvalue weighted by molar-refractivity contribution is 5.72. The zero-order valence-corrected chi connectivity index (χ0v) is 7.65. The molecule has 2 atom stereocenters. The van der Waals surface area contributed by atoms with E-state index >= 15 is 0 Å². The number of aliphatic hydroxyl groups excluding tert-OH is 1. The lowest BCUT2D eigenvalue weighted by Crippen LogP contribution is -2.31. The summed E-state index contributed by atoms with van der Waals surface area (Å²) in [5.74, 6) is -1.31. The molecule has 0 aliphatic heterocycles. The van der Waals surface area contributed by atoms with Crippen LogP contribution in [0.5, 0.6) is 0 Å². The van der Waals surface area contributed by atoms with Gasteiger partial charge in [0.05, 0.1) is 13.0 Å². The Morgan fingerprint density at radius 1 is 1.50 bits per heavy atom. The average Bonchev–Trinajstić information content (AvgIpc) is 2.05. The van der Waals surface area contributed by atoms with Crippen LogP contribution in [0.4, 0.5) is 0 Å². The minimum atomic E-state index is -1.46. The van der Waals surface area contributed by atoms with Gasteiger partial charge in [-0.25, -0.2) is 0 Å². The van der Waals surface area contributed by atoms with Gasteiger partial charge in [0, 0.05) is 5.92 Å². The monoisotopic (exact) mass is 176 g/mol. The number of ether oxygens (including phenoxy) is 1. The quantitative estimate of drug-likeness (QED) is 0.472. The summed E-state index contributed by atoms with van der Waals surface area (Å²) < 4.78 is 4.51. The Kier molecular flexibility index (Phi) is 4.85. The Morgan fingerprint density at radius 2 is 2.00 bits per heavy atom. The third-order valence-corrected chi connectivity index (χ3v) is 2.05. The van der Waals surface area contributed by atoms with E-state index in [9.17, 15) is 4.79 Å². The van der Waals surface area contributed by atoms with Gasteiger partial charge in [-0.1, -0.05) is 13.8 Å². The molecule has 0 bridgehead atoms. The van der Waals surface area contributed by atoms with Crippen molar-refractivity contribution in [2.24, 2.45) is 11.8 Å². The van der Waals surface area contributed by atoms with Crippen molar-refractivity contribution in [1.82, 2.24) is 0 Å². The van der Waals surface area contributed by atoms with Crippen LogP contribution in [0.15, 0.2) is 0 Å². The fourth-order valence-electron chi connectivity index (χ4n) is 1.11. The van der Waals surface area contributed by atoms with Gasteiger partial charge in [-0.3, -0.25) is 4.79 Å². The molecule has 0 radical (unpaired) electrons. The number of carbonyl (C=O) groups is 1. The number of carbonyl (C=O) groups excluding carboxylic acids is 1. The third kappa shape index (κ3) is 2.79. The number of aliphatic hydroxyl groups is 2. The van der Waals surface area contributed by atoms with Gasteiger partial charge in [0.15, 0.2) is 6.29 Å². The van der Waals surface area contributed by atoms with Gasteiger partial charge in [0.2, 0.25) is 0 Å². The Balaban J connectivity index is 4.23. The van der Waals surface area contributed by atoms with Crippen LogP contribution < -0.4 is 0 Å². The van der Waals surface area contributed by atoms with Gasteiger partial charge in [-0.15, -0.1) is 0 Å². The Morgan fingerprint density at radius 3 is 2.25 bits per heavy atom. The van der Waals surface area contributed by atoms with Crippen LogP contribution in [-0.2, 0) is 9.53 Å². The molecular formula is C8H16O4. The first-order valence-corrected chi connectivity index (χ1v) is 3.98. The molecule has 2 N–H and O–H groups in total. The van der Waals surface area contributed by atoms with Crippen molar-refractivity contribution in [2.45, 2.75) is 26.6 Å². The summed E-state index contributed by atoms with van der Waals surface area (Å²) in [5.41, 5.74) is 0. The van der Waals surface area contributed by atoms with Crippen molar-refractivity contribution in [2.75, 3.05) is 7.11 Å². The van der Waals surface area contributed by atoms with Gasteiger partial charge < -0.3 is 14.9 Å². The summed E-state index contributed by atoms with van der Waals surface area (Å²) in [4.78, 5) is 11.0. The van der Waals surface area contributed by atoms with Crippen LogP contribution >= 0.6 is 0 Å². The van der Waals surface area contributed by atoms with Crippen LogP contribution in [0.3, 0.4) is 0 Å². The molecule has 0 aromatic heterocycles. The highest BCUT2D eigenvalue weighted by atomic mass is 16.5. The number of esters is 1.